The highest BCUT2D eigenvalue weighted by molar-refractivity contribution is 7.89. The van der Waals surface area contributed by atoms with E-state index in [0.717, 1.165) is 0 Å². The van der Waals surface area contributed by atoms with Crippen molar-refractivity contribution in [3.05, 3.63) is 0 Å². The van der Waals surface area contributed by atoms with E-state index in [-0.39, 0.29) is 24.1 Å². The Kier molecular flexibility index (Phi) is 5.55. The molecule has 2 N–H and O–H groups in total. The zero-order valence-electron chi connectivity index (χ0n) is 9.13. The fraction of sp³-hybridized carbons (Fsp3) is 0.875. The summed E-state index contributed by atoms with van der Waals surface area (Å²) >= 11 is 5.59. The van der Waals surface area contributed by atoms with Gasteiger partial charge >= 0.3 is 0 Å². The molecule has 0 radical (unpaired) electrons. The average Bonchev–Trinajstić information content (AvgIpc) is 2.17. The molecular formula is C8H17ClN2O3S. The summed E-state index contributed by atoms with van der Waals surface area (Å²) in [4.78, 5) is 11.5. The van der Waals surface area contributed by atoms with Gasteiger partial charge < -0.3 is 5.32 Å². The highest BCUT2D eigenvalue weighted by Gasteiger charge is 2.26. The number of sulfonamides is 1. The van der Waals surface area contributed by atoms with E-state index >= 15 is 0 Å². The minimum absolute atomic E-state index is 0.0856. The van der Waals surface area contributed by atoms with Crippen LogP contribution in [0.15, 0.2) is 0 Å². The normalized spacial score (nSPS) is 12.5. The third kappa shape index (κ3) is 5.34. The Morgan fingerprint density at radius 3 is 2.33 bits per heavy atom. The predicted molar refractivity (Wildman–Crippen MR) is 60.4 cm³/mol. The van der Waals surface area contributed by atoms with Gasteiger partial charge in [-0.05, 0) is 20.9 Å². The topological polar surface area (TPSA) is 75.3 Å². The first kappa shape index (κ1) is 14.7. The Morgan fingerprint density at radius 1 is 1.40 bits per heavy atom. The second-order valence-electron chi connectivity index (χ2n) is 3.80. The van der Waals surface area contributed by atoms with Gasteiger partial charge in [-0.2, -0.15) is 0 Å². The van der Waals surface area contributed by atoms with Crippen molar-refractivity contribution in [1.82, 2.24) is 10.0 Å². The van der Waals surface area contributed by atoms with Crippen molar-refractivity contribution in [2.45, 2.75) is 13.8 Å². The maximum absolute atomic E-state index is 11.5. The lowest BCUT2D eigenvalue weighted by atomic mass is 9.95. The van der Waals surface area contributed by atoms with Gasteiger partial charge in [0.1, 0.15) is 0 Å². The molecule has 0 aliphatic carbocycles. The minimum Gasteiger partial charge on any atom is -0.355 e. The van der Waals surface area contributed by atoms with Crippen molar-refractivity contribution in [3.63, 3.8) is 0 Å². The summed E-state index contributed by atoms with van der Waals surface area (Å²) < 4.78 is 24.2. The van der Waals surface area contributed by atoms with Gasteiger partial charge in [-0.25, -0.2) is 13.1 Å². The van der Waals surface area contributed by atoms with Gasteiger partial charge in [0.05, 0.1) is 11.2 Å². The molecule has 0 aromatic heterocycles. The lowest BCUT2D eigenvalue weighted by Crippen LogP contribution is -2.41. The molecule has 0 atom stereocenters. The van der Waals surface area contributed by atoms with E-state index in [9.17, 15) is 13.2 Å². The molecule has 0 bridgehead atoms. The van der Waals surface area contributed by atoms with Gasteiger partial charge in [0.15, 0.2) is 0 Å². The molecule has 5 nitrogen and oxygen atoms in total. The number of nitrogens with one attached hydrogen (secondary N) is 2. The third-order valence-corrected chi connectivity index (χ3v) is 3.95. The Morgan fingerprint density at radius 2 is 1.93 bits per heavy atom. The van der Waals surface area contributed by atoms with Gasteiger partial charge in [-0.3, -0.25) is 4.79 Å². The first-order valence-corrected chi connectivity index (χ1v) is 6.69. The monoisotopic (exact) mass is 256 g/mol. The number of hydrogen-bond donors (Lipinski definition) is 2. The Labute approximate surface area is 95.6 Å². The molecule has 0 saturated heterocycles. The number of hydrogen-bond acceptors (Lipinski definition) is 3. The Hall–Kier alpha value is -0.330. The van der Waals surface area contributed by atoms with Crippen molar-refractivity contribution < 1.29 is 13.2 Å². The molecule has 90 valence electrons. The molecule has 0 unspecified atom stereocenters. The Balaban J connectivity index is 4.04. The molecule has 0 aliphatic rings. The van der Waals surface area contributed by atoms with Crippen LogP contribution in [0.1, 0.15) is 13.8 Å². The molecular weight excluding hydrogens is 240 g/mol. The summed E-state index contributed by atoms with van der Waals surface area (Å²) in [5.41, 5.74) is -0.676. The molecule has 0 spiro atoms. The lowest BCUT2D eigenvalue weighted by Gasteiger charge is -2.20. The van der Waals surface area contributed by atoms with Crippen molar-refractivity contribution in [2.24, 2.45) is 5.41 Å². The number of carbonyl (C=O) groups is 1. The summed E-state index contributed by atoms with van der Waals surface area (Å²) in [5, 5.41) is 2.52. The molecule has 0 rings (SSSR count). The summed E-state index contributed by atoms with van der Waals surface area (Å²) in [5.74, 6) is -0.186. The van der Waals surface area contributed by atoms with Crippen LogP contribution in [0.3, 0.4) is 0 Å². The second-order valence-corrected chi connectivity index (χ2v) is 6.11. The molecule has 0 aliphatic heterocycles. The smallest absolute Gasteiger partial charge is 0.226 e. The molecule has 0 aromatic rings. The number of amides is 1. The SMILES string of the molecule is CNS(=O)(=O)CCNC(=O)C(C)(C)CCl. The maximum atomic E-state index is 11.5. The van der Waals surface area contributed by atoms with Gasteiger partial charge in [-0.15, -0.1) is 11.6 Å². The third-order valence-electron chi connectivity index (χ3n) is 1.92. The van der Waals surface area contributed by atoms with Gasteiger partial charge in [-0.1, -0.05) is 0 Å². The molecule has 1 amide bonds. The predicted octanol–water partition coefficient (Wildman–Crippen LogP) is -0.0832. The Bertz CT molecular complexity index is 314. The summed E-state index contributed by atoms with van der Waals surface area (Å²) in [6, 6.07) is 0. The van der Waals surface area contributed by atoms with Crippen LogP contribution < -0.4 is 10.0 Å². The summed E-state index contributed by atoms with van der Waals surface area (Å²) in [6.45, 7) is 3.48. The van der Waals surface area contributed by atoms with Crippen LogP contribution >= 0.6 is 11.6 Å². The fourth-order valence-electron chi connectivity index (χ4n) is 0.701. The highest BCUT2D eigenvalue weighted by Crippen LogP contribution is 2.16. The quantitative estimate of drug-likeness (QED) is 0.653. The van der Waals surface area contributed by atoms with Crippen LogP contribution in [0.25, 0.3) is 0 Å². The molecule has 7 heteroatoms. The number of alkyl halides is 1. The van der Waals surface area contributed by atoms with Gasteiger partial charge in [0, 0.05) is 12.4 Å². The van der Waals surface area contributed by atoms with Crippen LogP contribution in [-0.2, 0) is 14.8 Å². The summed E-state index contributed by atoms with van der Waals surface area (Å²) in [6.07, 6.45) is 0. The number of halogens is 1. The van der Waals surface area contributed by atoms with Crippen LogP contribution in [-0.4, -0.2) is 39.6 Å². The highest BCUT2D eigenvalue weighted by atomic mass is 35.5. The zero-order chi connectivity index (χ0) is 12.1. The standard InChI is InChI=1S/C8H17ClN2O3S/c1-8(2,6-9)7(12)11-4-5-15(13,14)10-3/h10H,4-6H2,1-3H3,(H,11,12). The largest absolute Gasteiger partial charge is 0.355 e. The molecule has 0 aromatic carbocycles. The van der Waals surface area contributed by atoms with Gasteiger partial charge in [0.25, 0.3) is 0 Å². The first-order valence-electron chi connectivity index (χ1n) is 4.50. The van der Waals surface area contributed by atoms with Crippen LogP contribution in [0.5, 0.6) is 0 Å². The first-order chi connectivity index (χ1) is 6.75. The number of carbonyl (C=O) groups excluding carboxylic acids is 1. The van der Waals surface area contributed by atoms with E-state index in [1.807, 2.05) is 0 Å². The van der Waals surface area contributed by atoms with Crippen molar-refractivity contribution >= 4 is 27.5 Å². The van der Waals surface area contributed by atoms with E-state index < -0.39 is 15.4 Å². The minimum atomic E-state index is -3.27. The molecule has 0 fully saturated rings. The van der Waals surface area contributed by atoms with E-state index in [1.54, 1.807) is 13.8 Å². The van der Waals surface area contributed by atoms with E-state index in [4.69, 9.17) is 11.6 Å². The van der Waals surface area contributed by atoms with E-state index in [1.165, 1.54) is 7.05 Å². The summed E-state index contributed by atoms with van der Waals surface area (Å²) in [7, 11) is -1.93. The van der Waals surface area contributed by atoms with Crippen LogP contribution in [0.2, 0.25) is 0 Å². The van der Waals surface area contributed by atoms with E-state index in [0.29, 0.717) is 0 Å². The second kappa shape index (κ2) is 5.67. The van der Waals surface area contributed by atoms with Crippen molar-refractivity contribution in [3.8, 4) is 0 Å². The fourth-order valence-corrected chi connectivity index (χ4v) is 1.40. The zero-order valence-corrected chi connectivity index (χ0v) is 10.7. The average molecular weight is 257 g/mol. The molecule has 0 heterocycles. The number of rotatable bonds is 6. The molecule has 15 heavy (non-hydrogen) atoms. The molecule has 0 saturated carbocycles. The lowest BCUT2D eigenvalue weighted by molar-refractivity contribution is -0.128. The van der Waals surface area contributed by atoms with Crippen molar-refractivity contribution in [2.75, 3.05) is 25.2 Å². The maximum Gasteiger partial charge on any atom is 0.226 e. The van der Waals surface area contributed by atoms with Crippen molar-refractivity contribution in [1.29, 1.82) is 0 Å². The van der Waals surface area contributed by atoms with Crippen LogP contribution in [0.4, 0.5) is 0 Å². The van der Waals surface area contributed by atoms with E-state index in [2.05, 4.69) is 10.0 Å². The van der Waals surface area contributed by atoms with Gasteiger partial charge in [0.2, 0.25) is 15.9 Å². The van der Waals surface area contributed by atoms with Crippen LogP contribution in [0, 0.1) is 5.41 Å².